The Balaban J connectivity index is 1.80. The SMILES string of the molecule is COC(=O)c1ccc2nc(NC(=O)N3CC(O)CC3(C)CO)nn2c1. The molecule has 2 unspecified atom stereocenters. The molecule has 1 saturated heterocycles. The molecule has 0 saturated carbocycles. The number of nitrogens with one attached hydrogen (secondary N) is 1. The summed E-state index contributed by atoms with van der Waals surface area (Å²) >= 11 is 0. The molecule has 0 spiro atoms. The molecule has 1 aliphatic heterocycles. The molecular formula is C15H19N5O5. The minimum absolute atomic E-state index is 0.0497. The third kappa shape index (κ3) is 3.13. The summed E-state index contributed by atoms with van der Waals surface area (Å²) in [6, 6.07) is 2.60. The van der Waals surface area contributed by atoms with Crippen LogP contribution in [-0.2, 0) is 4.74 Å². The van der Waals surface area contributed by atoms with Crippen LogP contribution in [0.4, 0.5) is 10.7 Å². The summed E-state index contributed by atoms with van der Waals surface area (Å²) in [4.78, 5) is 29.5. The second-order valence-electron chi connectivity index (χ2n) is 6.20. The number of carbonyl (C=O) groups is 2. The van der Waals surface area contributed by atoms with Crippen molar-refractivity contribution >= 4 is 23.6 Å². The smallest absolute Gasteiger partial charge is 0.339 e. The zero-order valence-electron chi connectivity index (χ0n) is 13.8. The van der Waals surface area contributed by atoms with Crippen molar-refractivity contribution in [3.8, 4) is 0 Å². The van der Waals surface area contributed by atoms with Crippen molar-refractivity contribution in [2.24, 2.45) is 0 Å². The minimum atomic E-state index is -0.847. The Kier molecular flexibility index (Phi) is 4.31. The average molecular weight is 349 g/mol. The lowest BCUT2D eigenvalue weighted by Gasteiger charge is -2.32. The third-order valence-electron chi connectivity index (χ3n) is 4.28. The number of ether oxygens (including phenoxy) is 1. The van der Waals surface area contributed by atoms with Gasteiger partial charge in [0.15, 0.2) is 5.65 Å². The van der Waals surface area contributed by atoms with Gasteiger partial charge in [0.2, 0.25) is 0 Å². The van der Waals surface area contributed by atoms with Gasteiger partial charge in [-0.2, -0.15) is 4.98 Å². The van der Waals surface area contributed by atoms with Crippen molar-refractivity contribution in [2.45, 2.75) is 25.0 Å². The predicted molar refractivity (Wildman–Crippen MR) is 86.2 cm³/mol. The van der Waals surface area contributed by atoms with Gasteiger partial charge in [0.05, 0.1) is 30.9 Å². The Morgan fingerprint density at radius 2 is 2.24 bits per heavy atom. The molecule has 134 valence electrons. The minimum Gasteiger partial charge on any atom is -0.465 e. The predicted octanol–water partition coefficient (Wildman–Crippen LogP) is -0.135. The summed E-state index contributed by atoms with van der Waals surface area (Å²) in [5, 5.41) is 26.0. The van der Waals surface area contributed by atoms with E-state index < -0.39 is 23.6 Å². The molecule has 0 bridgehead atoms. The topological polar surface area (TPSA) is 129 Å². The van der Waals surface area contributed by atoms with Crippen LogP contribution >= 0.6 is 0 Å². The number of carbonyl (C=O) groups excluding carboxylic acids is 2. The number of hydrogen-bond donors (Lipinski definition) is 3. The number of esters is 1. The Bertz CT molecular complexity index is 822. The van der Waals surface area contributed by atoms with Crippen molar-refractivity contribution in [3.63, 3.8) is 0 Å². The van der Waals surface area contributed by atoms with E-state index in [0.717, 1.165) is 0 Å². The largest absolute Gasteiger partial charge is 0.465 e. The maximum Gasteiger partial charge on any atom is 0.339 e. The van der Waals surface area contributed by atoms with Gasteiger partial charge in [-0.25, -0.2) is 14.1 Å². The summed E-state index contributed by atoms with van der Waals surface area (Å²) in [6.07, 6.45) is 1.04. The van der Waals surface area contributed by atoms with E-state index in [4.69, 9.17) is 0 Å². The number of methoxy groups -OCH3 is 1. The number of β-amino-alcohol motifs (C(OH)–C–C–N with tert-alkyl or cyclic N) is 1. The molecule has 2 aromatic heterocycles. The second-order valence-corrected chi connectivity index (χ2v) is 6.20. The number of pyridine rings is 1. The fourth-order valence-electron chi connectivity index (χ4n) is 2.93. The highest BCUT2D eigenvalue weighted by Crippen LogP contribution is 2.29. The summed E-state index contributed by atoms with van der Waals surface area (Å²) in [5.41, 5.74) is -0.108. The number of aromatic nitrogens is 3. The lowest BCUT2D eigenvalue weighted by Crippen LogP contribution is -2.49. The summed E-state index contributed by atoms with van der Waals surface area (Å²) in [7, 11) is 1.28. The highest BCUT2D eigenvalue weighted by atomic mass is 16.5. The molecular weight excluding hydrogens is 330 g/mol. The van der Waals surface area contributed by atoms with Crippen LogP contribution in [0.5, 0.6) is 0 Å². The van der Waals surface area contributed by atoms with Crippen molar-refractivity contribution in [2.75, 3.05) is 25.6 Å². The molecule has 10 nitrogen and oxygen atoms in total. The Morgan fingerprint density at radius 1 is 1.48 bits per heavy atom. The van der Waals surface area contributed by atoms with Crippen molar-refractivity contribution in [3.05, 3.63) is 23.9 Å². The van der Waals surface area contributed by atoms with E-state index in [1.54, 1.807) is 19.1 Å². The van der Waals surface area contributed by atoms with Gasteiger partial charge in [-0.05, 0) is 19.1 Å². The van der Waals surface area contributed by atoms with Crippen LogP contribution in [0, 0.1) is 0 Å². The number of rotatable bonds is 3. The molecule has 10 heteroatoms. The van der Waals surface area contributed by atoms with Gasteiger partial charge in [-0.3, -0.25) is 5.32 Å². The average Bonchev–Trinajstić information content (AvgIpc) is 3.13. The molecule has 3 heterocycles. The fourth-order valence-corrected chi connectivity index (χ4v) is 2.93. The van der Waals surface area contributed by atoms with E-state index in [1.165, 1.54) is 22.7 Å². The first-order valence-corrected chi connectivity index (χ1v) is 7.68. The summed E-state index contributed by atoms with van der Waals surface area (Å²) in [5.74, 6) is -0.457. The van der Waals surface area contributed by atoms with E-state index in [2.05, 4.69) is 20.1 Å². The highest BCUT2D eigenvalue weighted by Gasteiger charge is 2.44. The normalized spacial score (nSPS) is 23.0. The molecule has 25 heavy (non-hydrogen) atoms. The van der Waals surface area contributed by atoms with Gasteiger partial charge in [0.1, 0.15) is 0 Å². The number of likely N-dealkylation sites (tertiary alicyclic amines) is 1. The fraction of sp³-hybridized carbons (Fsp3) is 0.467. The van der Waals surface area contributed by atoms with Crippen LogP contribution < -0.4 is 5.32 Å². The molecule has 2 amide bonds. The molecule has 0 aromatic carbocycles. The number of aliphatic hydroxyl groups excluding tert-OH is 2. The standard InChI is InChI=1S/C15H19N5O5/c1-15(8-21)5-10(22)7-19(15)14(24)17-13-16-11-4-3-9(12(23)25-2)6-20(11)18-13/h3-4,6,10,21-22H,5,7-8H2,1-2H3,(H,17,18,24). The van der Waals surface area contributed by atoms with Crippen LogP contribution in [0.2, 0.25) is 0 Å². The molecule has 0 aliphatic carbocycles. The summed E-state index contributed by atoms with van der Waals surface area (Å²) in [6.45, 7) is 1.55. The number of amides is 2. The lowest BCUT2D eigenvalue weighted by molar-refractivity contribution is 0.0600. The maximum atomic E-state index is 12.5. The van der Waals surface area contributed by atoms with Crippen LogP contribution in [0.15, 0.2) is 18.3 Å². The highest BCUT2D eigenvalue weighted by molar-refractivity contribution is 5.90. The van der Waals surface area contributed by atoms with Gasteiger partial charge < -0.3 is 19.8 Å². The second kappa shape index (κ2) is 6.30. The van der Waals surface area contributed by atoms with Crippen LogP contribution in [0.1, 0.15) is 23.7 Å². The Labute approximate surface area is 143 Å². The number of aliphatic hydroxyl groups is 2. The number of hydrogen-bond acceptors (Lipinski definition) is 7. The number of nitrogens with zero attached hydrogens (tertiary/aromatic N) is 4. The molecule has 0 radical (unpaired) electrons. The van der Waals surface area contributed by atoms with Crippen molar-refractivity contribution in [1.29, 1.82) is 0 Å². The Morgan fingerprint density at radius 3 is 2.92 bits per heavy atom. The van der Waals surface area contributed by atoms with Crippen LogP contribution in [-0.4, -0.2) is 73.6 Å². The molecule has 3 rings (SSSR count). The van der Waals surface area contributed by atoms with E-state index in [-0.39, 0.29) is 25.5 Å². The van der Waals surface area contributed by atoms with Crippen LogP contribution in [0.3, 0.4) is 0 Å². The van der Waals surface area contributed by atoms with Crippen molar-refractivity contribution < 1.29 is 24.5 Å². The lowest BCUT2D eigenvalue weighted by atomic mass is 10.00. The first kappa shape index (κ1) is 17.1. The van der Waals surface area contributed by atoms with Crippen molar-refractivity contribution in [1.82, 2.24) is 19.5 Å². The first-order valence-electron chi connectivity index (χ1n) is 7.68. The van der Waals surface area contributed by atoms with Gasteiger partial charge in [-0.15, -0.1) is 5.10 Å². The number of fused-ring (bicyclic) bond motifs is 1. The van der Waals surface area contributed by atoms with Gasteiger partial charge in [0, 0.05) is 19.2 Å². The zero-order valence-corrected chi connectivity index (χ0v) is 13.8. The molecule has 2 atom stereocenters. The molecule has 3 N–H and O–H groups in total. The van der Waals surface area contributed by atoms with Gasteiger partial charge in [-0.1, -0.05) is 0 Å². The maximum absolute atomic E-state index is 12.5. The molecule has 1 aliphatic rings. The van der Waals surface area contributed by atoms with Gasteiger partial charge >= 0.3 is 12.0 Å². The molecule has 2 aromatic rings. The first-order chi connectivity index (χ1) is 11.9. The number of urea groups is 1. The van der Waals surface area contributed by atoms with E-state index in [1.807, 2.05) is 0 Å². The third-order valence-corrected chi connectivity index (χ3v) is 4.28. The van der Waals surface area contributed by atoms with E-state index >= 15 is 0 Å². The monoisotopic (exact) mass is 349 g/mol. The zero-order chi connectivity index (χ0) is 18.2. The summed E-state index contributed by atoms with van der Waals surface area (Å²) < 4.78 is 6.00. The number of anilines is 1. The quantitative estimate of drug-likeness (QED) is 0.658. The van der Waals surface area contributed by atoms with Crippen LogP contribution in [0.25, 0.3) is 5.65 Å². The van der Waals surface area contributed by atoms with E-state index in [0.29, 0.717) is 11.2 Å². The van der Waals surface area contributed by atoms with Gasteiger partial charge in [0.25, 0.3) is 5.95 Å². The Hall–Kier alpha value is -2.72. The van der Waals surface area contributed by atoms with E-state index in [9.17, 15) is 19.8 Å². The molecule has 1 fully saturated rings.